The molecule has 5 N–H and O–H groups in total. The van der Waals surface area contributed by atoms with Crippen LogP contribution in [0.4, 0.5) is 0 Å². The molecule has 0 aliphatic rings. The van der Waals surface area contributed by atoms with Crippen LogP contribution in [0.3, 0.4) is 0 Å². The van der Waals surface area contributed by atoms with Crippen LogP contribution >= 0.6 is 11.6 Å². The van der Waals surface area contributed by atoms with Gasteiger partial charge in [0, 0.05) is 50.2 Å². The molecule has 1 heterocycles. The van der Waals surface area contributed by atoms with Crippen molar-refractivity contribution in [3.8, 4) is 0 Å². The van der Waals surface area contributed by atoms with Crippen LogP contribution in [-0.2, 0) is 59.2 Å². The van der Waals surface area contributed by atoms with E-state index in [-0.39, 0.29) is 44.0 Å². The predicted molar refractivity (Wildman–Crippen MR) is 247 cm³/mol. The maximum Gasteiger partial charge on any atom is 0.245 e. The van der Waals surface area contributed by atoms with Gasteiger partial charge in [0.1, 0.15) is 24.2 Å². The lowest BCUT2D eigenvalue weighted by Gasteiger charge is -2.27. The quantitative estimate of drug-likeness (QED) is 0.0631. The van der Waals surface area contributed by atoms with Crippen LogP contribution in [0.2, 0.25) is 5.02 Å². The summed E-state index contributed by atoms with van der Waals surface area (Å²) in [7, 11) is 0. The van der Waals surface area contributed by atoms with E-state index in [4.69, 9.17) is 16.3 Å². The smallest absolute Gasteiger partial charge is 0.245 e. The minimum absolute atomic E-state index is 0.000229. The fourth-order valence-corrected chi connectivity index (χ4v) is 7.16. The lowest BCUT2D eigenvalue weighted by Crippen LogP contribution is -2.60. The van der Waals surface area contributed by atoms with Gasteiger partial charge in [0.05, 0.1) is 12.6 Å². The highest BCUT2D eigenvalue weighted by molar-refractivity contribution is 6.30. The van der Waals surface area contributed by atoms with Crippen LogP contribution in [-0.4, -0.2) is 83.7 Å². The monoisotopic (exact) mass is 888 g/mol. The first-order chi connectivity index (χ1) is 30.6. The molecule has 0 unspecified atom stereocenters. The normalized spacial score (nSPS) is 13.5. The number of carbonyl (C=O) groups is 6. The van der Waals surface area contributed by atoms with Crippen LogP contribution in [0.1, 0.15) is 55.5 Å². The Balaban J connectivity index is 1.41. The number of rotatable bonds is 22. The first-order valence-corrected chi connectivity index (χ1v) is 21.7. The number of aryl methyl sites for hydroxylation is 1. The van der Waals surface area contributed by atoms with Crippen molar-refractivity contribution < 1.29 is 33.5 Å². The van der Waals surface area contributed by atoms with Crippen molar-refractivity contribution in [2.75, 3.05) is 13.2 Å². The second-order valence-electron chi connectivity index (χ2n) is 16.5. The van der Waals surface area contributed by atoms with Crippen LogP contribution in [0, 0.1) is 12.8 Å². The van der Waals surface area contributed by atoms with E-state index in [0.717, 1.165) is 27.5 Å². The van der Waals surface area contributed by atoms with E-state index in [1.165, 1.54) is 13.8 Å². The fourth-order valence-electron chi connectivity index (χ4n) is 7.04. The molecule has 5 aromatic rings. The van der Waals surface area contributed by atoms with E-state index < -0.39 is 59.7 Å². The number of nitrogens with one attached hydrogen (secondary N) is 5. The SMILES string of the molecule is CC(=O)N[C@H](Cc1ccc2ccccc2c1)C(=O)N[C@H](Cc1ccc(Cl)cc1)C(=O)N[C@H](Cc1cccnc1)C(=O)N[C@@H](COCC(C)C)C(=O)N[C@@H](Cc1ccc(C)cc1)C(C)=O. The number of fused-ring (bicyclic) bond motifs is 1. The number of benzene rings is 4. The molecule has 5 amide bonds. The average Bonchev–Trinajstić information content (AvgIpc) is 3.26. The minimum atomic E-state index is -1.28. The minimum Gasteiger partial charge on any atom is -0.378 e. The van der Waals surface area contributed by atoms with Crippen LogP contribution in [0.25, 0.3) is 10.8 Å². The summed E-state index contributed by atoms with van der Waals surface area (Å²) in [5.74, 6) is -3.26. The van der Waals surface area contributed by atoms with Crippen molar-refractivity contribution in [3.63, 3.8) is 0 Å². The molecular formula is C50H57ClN6O7. The van der Waals surface area contributed by atoms with Crippen LogP contribution in [0.5, 0.6) is 0 Å². The number of halogens is 1. The van der Waals surface area contributed by atoms with Gasteiger partial charge >= 0.3 is 0 Å². The number of ketones is 1. The molecule has 0 aliphatic carbocycles. The number of hydrogen-bond donors (Lipinski definition) is 5. The summed E-state index contributed by atoms with van der Waals surface area (Å²) in [6.45, 7) is 8.63. The number of nitrogens with zero attached hydrogens (tertiary/aromatic N) is 1. The Morgan fingerprint density at radius 3 is 1.62 bits per heavy atom. The number of amides is 5. The van der Waals surface area contributed by atoms with Gasteiger partial charge in [-0.3, -0.25) is 33.8 Å². The van der Waals surface area contributed by atoms with Gasteiger partial charge in [-0.05, 0) is 77.4 Å². The van der Waals surface area contributed by atoms with E-state index >= 15 is 0 Å². The number of Topliss-reactive ketones (excluding diaryl/α,β-unsaturated/α-hetero) is 1. The Kier molecular flexibility index (Phi) is 18.1. The zero-order valence-electron chi connectivity index (χ0n) is 36.9. The number of hydrogen-bond acceptors (Lipinski definition) is 8. The van der Waals surface area contributed by atoms with Gasteiger partial charge in [0.25, 0.3) is 0 Å². The fraction of sp³-hybridized carbons (Fsp3) is 0.340. The summed E-state index contributed by atoms with van der Waals surface area (Å²) in [6.07, 6.45) is 3.47. The van der Waals surface area contributed by atoms with Crippen molar-refractivity contribution >= 4 is 57.7 Å². The number of aromatic nitrogens is 1. The zero-order chi connectivity index (χ0) is 46.2. The molecule has 0 aliphatic heterocycles. The lowest BCUT2D eigenvalue weighted by atomic mass is 9.99. The highest BCUT2D eigenvalue weighted by Crippen LogP contribution is 2.18. The number of pyridine rings is 1. The maximum absolute atomic E-state index is 14.5. The molecule has 0 radical (unpaired) electrons. The molecule has 13 nitrogen and oxygen atoms in total. The average molecular weight is 889 g/mol. The molecule has 5 atom stereocenters. The van der Waals surface area contributed by atoms with Gasteiger partial charge < -0.3 is 31.3 Å². The Bertz CT molecular complexity index is 2380. The van der Waals surface area contributed by atoms with Crippen LogP contribution < -0.4 is 26.6 Å². The third-order valence-corrected chi connectivity index (χ3v) is 10.7. The highest BCUT2D eigenvalue weighted by Gasteiger charge is 2.33. The molecule has 0 saturated carbocycles. The van der Waals surface area contributed by atoms with Crippen molar-refractivity contribution in [1.29, 1.82) is 0 Å². The second-order valence-corrected chi connectivity index (χ2v) is 16.9. The highest BCUT2D eigenvalue weighted by atomic mass is 35.5. The molecule has 64 heavy (non-hydrogen) atoms. The molecular weight excluding hydrogens is 832 g/mol. The van der Waals surface area contributed by atoms with Gasteiger partial charge in [-0.15, -0.1) is 0 Å². The van der Waals surface area contributed by atoms with Crippen molar-refractivity contribution in [3.05, 3.63) is 148 Å². The summed E-state index contributed by atoms with van der Waals surface area (Å²) < 4.78 is 5.86. The molecule has 0 spiro atoms. The van der Waals surface area contributed by atoms with Crippen molar-refractivity contribution in [1.82, 2.24) is 31.6 Å². The van der Waals surface area contributed by atoms with Gasteiger partial charge in [-0.2, -0.15) is 0 Å². The van der Waals surface area contributed by atoms with Gasteiger partial charge in [-0.25, -0.2) is 0 Å². The molecule has 0 fully saturated rings. The first kappa shape index (κ1) is 48.6. The summed E-state index contributed by atoms with van der Waals surface area (Å²) in [6, 6.07) is 25.7. The Hall–Kier alpha value is -6.44. The van der Waals surface area contributed by atoms with Crippen LogP contribution in [0.15, 0.2) is 116 Å². The van der Waals surface area contributed by atoms with Gasteiger partial charge in [0.15, 0.2) is 5.78 Å². The van der Waals surface area contributed by atoms with E-state index in [2.05, 4.69) is 31.6 Å². The Morgan fingerprint density at radius 1 is 0.547 bits per heavy atom. The Morgan fingerprint density at radius 2 is 1.05 bits per heavy atom. The molecule has 336 valence electrons. The van der Waals surface area contributed by atoms with Gasteiger partial charge in [0.2, 0.25) is 29.5 Å². The maximum atomic E-state index is 14.5. The van der Waals surface area contributed by atoms with E-state index in [1.807, 2.05) is 87.5 Å². The lowest BCUT2D eigenvalue weighted by molar-refractivity contribution is -0.135. The largest absolute Gasteiger partial charge is 0.378 e. The summed E-state index contributed by atoms with van der Waals surface area (Å²) in [5, 5.41) is 16.5. The van der Waals surface area contributed by atoms with Gasteiger partial charge in [-0.1, -0.05) is 116 Å². The van der Waals surface area contributed by atoms with E-state index in [0.29, 0.717) is 22.8 Å². The molecule has 4 aromatic carbocycles. The van der Waals surface area contributed by atoms with Crippen molar-refractivity contribution in [2.24, 2.45) is 5.92 Å². The summed E-state index contributed by atoms with van der Waals surface area (Å²) in [5.41, 5.74) is 3.96. The predicted octanol–water partition coefficient (Wildman–Crippen LogP) is 5.17. The molecule has 5 rings (SSSR count). The zero-order valence-corrected chi connectivity index (χ0v) is 37.6. The number of carbonyl (C=O) groups excluding carboxylic acids is 6. The van der Waals surface area contributed by atoms with Crippen molar-refractivity contribution in [2.45, 2.75) is 90.5 Å². The topological polar surface area (TPSA) is 185 Å². The standard InChI is InChI=1S/C50H57ClN6O7/c1-31(2)29-64-30-46(50(63)54-42(33(4)58)24-35-14-12-32(3)13-15-35)57-49(62)45(27-38-9-8-22-52-28-38)56-48(61)44(25-36-17-20-41(51)21-18-36)55-47(60)43(53-34(5)59)26-37-16-19-39-10-6-7-11-40(39)23-37/h6-23,28,31,42-46H,24-27,29-30H2,1-5H3,(H,53,59)(H,54,63)(H,55,60)(H,56,61)(H,57,62)/t42-,43+,44+,45+,46-/m0/s1. The second kappa shape index (κ2) is 23.9. The van der Waals surface area contributed by atoms with E-state index in [1.54, 1.807) is 48.8 Å². The molecule has 0 bridgehead atoms. The third kappa shape index (κ3) is 15.4. The third-order valence-electron chi connectivity index (χ3n) is 10.5. The molecule has 14 heteroatoms. The summed E-state index contributed by atoms with van der Waals surface area (Å²) >= 11 is 6.18. The molecule has 0 saturated heterocycles. The summed E-state index contributed by atoms with van der Waals surface area (Å²) in [4.78, 5) is 86.5. The first-order valence-electron chi connectivity index (χ1n) is 21.4. The van der Waals surface area contributed by atoms with E-state index in [9.17, 15) is 28.8 Å². The molecule has 1 aromatic heterocycles. The number of ether oxygens (including phenoxy) is 1. The Labute approximate surface area is 379 Å².